The molecule has 38 heavy (non-hydrogen) atoms. The molecule has 1 heterocycles. The van der Waals surface area contributed by atoms with Crippen LogP contribution in [0.15, 0.2) is 85.1 Å². The number of nitrogens with two attached hydrogens (primary N) is 1. The molecule has 7 nitrogen and oxygen atoms in total. The SMILES string of the molecule is CCCC(N)(C(=O)CCc1ccccc1O)C(=O)Nc1ncc(-c2ccccc2COc2ccccc2)s1. The molecule has 0 spiro atoms. The molecule has 0 fully saturated rings. The molecule has 8 heteroatoms. The number of hydrogen-bond acceptors (Lipinski definition) is 7. The van der Waals surface area contributed by atoms with Gasteiger partial charge < -0.3 is 15.6 Å². The maximum Gasteiger partial charge on any atom is 0.253 e. The zero-order chi connectivity index (χ0) is 27.0. The van der Waals surface area contributed by atoms with Gasteiger partial charge in [-0.3, -0.25) is 14.9 Å². The number of thiazole rings is 1. The Bertz CT molecular complexity index is 1390. The van der Waals surface area contributed by atoms with Gasteiger partial charge in [-0.15, -0.1) is 0 Å². The molecular weight excluding hydrogens is 498 g/mol. The first-order valence-electron chi connectivity index (χ1n) is 12.5. The van der Waals surface area contributed by atoms with Crippen LogP contribution in [0.2, 0.25) is 0 Å². The van der Waals surface area contributed by atoms with Crippen molar-refractivity contribution in [3.8, 4) is 21.9 Å². The number of ether oxygens (including phenoxy) is 1. The minimum absolute atomic E-state index is 0.0411. The summed E-state index contributed by atoms with van der Waals surface area (Å²) < 4.78 is 5.93. The molecule has 4 rings (SSSR count). The number of carbonyl (C=O) groups excluding carboxylic acids is 2. The number of hydrogen-bond donors (Lipinski definition) is 3. The van der Waals surface area contributed by atoms with Gasteiger partial charge in [0.05, 0.1) is 4.88 Å². The minimum atomic E-state index is -1.69. The molecule has 4 aromatic rings. The second kappa shape index (κ2) is 12.5. The molecule has 0 aliphatic rings. The van der Waals surface area contributed by atoms with Crippen molar-refractivity contribution in [1.29, 1.82) is 0 Å². The first kappa shape index (κ1) is 27.0. The fraction of sp³-hybridized carbons (Fsp3) is 0.233. The summed E-state index contributed by atoms with van der Waals surface area (Å²) in [6.45, 7) is 2.26. The lowest BCUT2D eigenvalue weighted by Gasteiger charge is -2.26. The first-order chi connectivity index (χ1) is 18.4. The van der Waals surface area contributed by atoms with Crippen molar-refractivity contribution in [2.24, 2.45) is 5.73 Å². The fourth-order valence-electron chi connectivity index (χ4n) is 4.20. The van der Waals surface area contributed by atoms with Gasteiger partial charge in [-0.25, -0.2) is 4.98 Å². The lowest BCUT2D eigenvalue weighted by Crippen LogP contribution is -2.57. The van der Waals surface area contributed by atoms with Crippen molar-refractivity contribution in [3.63, 3.8) is 0 Å². The van der Waals surface area contributed by atoms with Gasteiger partial charge in [-0.2, -0.15) is 0 Å². The van der Waals surface area contributed by atoms with E-state index in [0.29, 0.717) is 30.1 Å². The van der Waals surface area contributed by atoms with Crippen LogP contribution in [0.25, 0.3) is 10.4 Å². The van der Waals surface area contributed by atoms with E-state index in [0.717, 1.165) is 21.8 Å². The number of phenols is 1. The molecule has 1 atom stereocenters. The van der Waals surface area contributed by atoms with Crippen LogP contribution in [0.1, 0.15) is 37.3 Å². The van der Waals surface area contributed by atoms with Gasteiger partial charge in [0.15, 0.2) is 16.5 Å². The van der Waals surface area contributed by atoms with Crippen LogP contribution in [0, 0.1) is 0 Å². The van der Waals surface area contributed by atoms with Crippen molar-refractivity contribution in [2.45, 2.75) is 44.8 Å². The number of aryl methyl sites for hydroxylation is 1. The first-order valence-corrected chi connectivity index (χ1v) is 13.3. The van der Waals surface area contributed by atoms with Gasteiger partial charge in [0.2, 0.25) is 0 Å². The smallest absolute Gasteiger partial charge is 0.253 e. The second-order valence-corrected chi connectivity index (χ2v) is 10.0. The maximum absolute atomic E-state index is 13.3. The van der Waals surface area contributed by atoms with Crippen molar-refractivity contribution < 1.29 is 19.4 Å². The van der Waals surface area contributed by atoms with Crippen molar-refractivity contribution in [1.82, 2.24) is 4.98 Å². The number of ketones is 1. The van der Waals surface area contributed by atoms with Crippen LogP contribution in [0.4, 0.5) is 5.13 Å². The molecular formula is C30H31N3O4S. The Balaban J connectivity index is 1.45. The summed E-state index contributed by atoms with van der Waals surface area (Å²) in [5.74, 6) is -0.0574. The van der Waals surface area contributed by atoms with Crippen LogP contribution in [-0.4, -0.2) is 27.3 Å². The Morgan fingerprint density at radius 3 is 2.42 bits per heavy atom. The van der Waals surface area contributed by atoms with E-state index >= 15 is 0 Å². The molecule has 0 radical (unpaired) electrons. The number of anilines is 1. The Morgan fingerprint density at radius 1 is 1.00 bits per heavy atom. The summed E-state index contributed by atoms with van der Waals surface area (Å²) in [5, 5.41) is 13.1. The number of aromatic hydroxyl groups is 1. The predicted molar refractivity (Wildman–Crippen MR) is 150 cm³/mol. The Morgan fingerprint density at radius 2 is 1.68 bits per heavy atom. The van der Waals surface area contributed by atoms with Crippen molar-refractivity contribution in [2.75, 3.05) is 5.32 Å². The van der Waals surface area contributed by atoms with E-state index in [1.54, 1.807) is 30.5 Å². The largest absolute Gasteiger partial charge is 0.508 e. The molecule has 0 bridgehead atoms. The lowest BCUT2D eigenvalue weighted by molar-refractivity contribution is -0.133. The molecule has 0 aliphatic heterocycles. The van der Waals surface area contributed by atoms with Gasteiger partial charge in [0.25, 0.3) is 5.91 Å². The molecule has 1 unspecified atom stereocenters. The molecule has 3 aromatic carbocycles. The third-order valence-electron chi connectivity index (χ3n) is 6.31. The number of benzene rings is 3. The highest BCUT2D eigenvalue weighted by Crippen LogP contribution is 2.33. The summed E-state index contributed by atoms with van der Waals surface area (Å²) in [6.07, 6.45) is 2.80. The lowest BCUT2D eigenvalue weighted by atomic mass is 9.86. The number of para-hydroxylation sites is 2. The second-order valence-electron chi connectivity index (χ2n) is 9.02. The molecule has 0 aliphatic carbocycles. The number of amides is 1. The van der Waals surface area contributed by atoms with E-state index < -0.39 is 11.4 Å². The van der Waals surface area contributed by atoms with Crippen LogP contribution in [0.5, 0.6) is 11.5 Å². The Labute approximate surface area is 226 Å². The summed E-state index contributed by atoms with van der Waals surface area (Å²) >= 11 is 1.31. The van der Waals surface area contributed by atoms with Crippen molar-refractivity contribution in [3.05, 3.63) is 96.2 Å². The van der Waals surface area contributed by atoms with Gasteiger partial charge in [-0.1, -0.05) is 85.3 Å². The van der Waals surface area contributed by atoms with E-state index in [4.69, 9.17) is 10.5 Å². The summed E-state index contributed by atoms with van der Waals surface area (Å²) in [5.41, 5.74) is 7.30. The highest BCUT2D eigenvalue weighted by atomic mass is 32.1. The van der Waals surface area contributed by atoms with Gasteiger partial charge in [0.1, 0.15) is 18.1 Å². The average Bonchev–Trinajstić information content (AvgIpc) is 3.40. The van der Waals surface area contributed by atoms with Gasteiger partial charge in [0, 0.05) is 12.6 Å². The normalized spacial score (nSPS) is 12.5. The van der Waals surface area contributed by atoms with E-state index in [1.807, 2.05) is 61.5 Å². The number of Topliss-reactive ketones (excluding diaryl/α,β-unsaturated/α-hetero) is 1. The van der Waals surface area contributed by atoms with Gasteiger partial charge >= 0.3 is 0 Å². The quantitative estimate of drug-likeness (QED) is 0.202. The number of nitrogens with one attached hydrogen (secondary N) is 1. The van der Waals surface area contributed by atoms with E-state index in [2.05, 4.69) is 10.3 Å². The number of rotatable bonds is 12. The standard InChI is InChI=1S/C30H31N3O4S/c1-2-18-30(31,27(35)17-16-21-10-7-9-15-25(21)34)28(36)33-29-32-19-26(38-29)24-14-8-6-11-22(24)20-37-23-12-4-3-5-13-23/h3-15,19,34H,2,16-18,20,31H2,1H3,(H,32,33,36). The third-order valence-corrected chi connectivity index (χ3v) is 7.25. The van der Waals surface area contributed by atoms with Crippen LogP contribution in [0.3, 0.4) is 0 Å². The van der Waals surface area contributed by atoms with Crippen LogP contribution in [-0.2, 0) is 22.6 Å². The Kier molecular flexibility index (Phi) is 8.89. The van der Waals surface area contributed by atoms with E-state index in [1.165, 1.54) is 11.3 Å². The number of carbonyl (C=O) groups is 2. The maximum atomic E-state index is 13.3. The third kappa shape index (κ3) is 6.45. The number of nitrogens with zero attached hydrogens (tertiary/aromatic N) is 1. The highest BCUT2D eigenvalue weighted by molar-refractivity contribution is 7.19. The summed E-state index contributed by atoms with van der Waals surface area (Å²) in [4.78, 5) is 31.6. The summed E-state index contributed by atoms with van der Waals surface area (Å²) in [6, 6.07) is 24.3. The van der Waals surface area contributed by atoms with Crippen molar-refractivity contribution >= 4 is 28.2 Å². The van der Waals surface area contributed by atoms with Gasteiger partial charge in [-0.05, 0) is 47.7 Å². The van der Waals surface area contributed by atoms with Crippen LogP contribution < -0.4 is 15.8 Å². The average molecular weight is 530 g/mol. The molecule has 1 aromatic heterocycles. The monoisotopic (exact) mass is 529 g/mol. The molecule has 1 amide bonds. The van der Waals surface area contributed by atoms with Crippen LogP contribution >= 0.6 is 11.3 Å². The summed E-state index contributed by atoms with van der Waals surface area (Å²) in [7, 11) is 0. The van der Waals surface area contributed by atoms with E-state index in [-0.39, 0.29) is 24.4 Å². The molecule has 0 saturated carbocycles. The molecule has 4 N–H and O–H groups in total. The zero-order valence-corrected chi connectivity index (χ0v) is 22.0. The Hall–Kier alpha value is -4.01. The molecule has 0 saturated heterocycles. The molecule has 196 valence electrons. The zero-order valence-electron chi connectivity index (χ0n) is 21.2. The van der Waals surface area contributed by atoms with E-state index in [9.17, 15) is 14.7 Å². The number of phenolic OH excluding ortho intramolecular Hbond substituents is 1. The minimum Gasteiger partial charge on any atom is -0.508 e. The highest BCUT2D eigenvalue weighted by Gasteiger charge is 2.40. The topological polar surface area (TPSA) is 115 Å². The fourth-order valence-corrected chi connectivity index (χ4v) is 5.07. The number of aromatic nitrogens is 1. The predicted octanol–water partition coefficient (Wildman–Crippen LogP) is 5.73.